The average molecular weight is 262 g/mol. The third kappa shape index (κ3) is 7.82. The lowest BCUT2D eigenvalue weighted by Crippen LogP contribution is -2.11. The minimum atomic E-state index is -0.590. The highest BCUT2D eigenvalue weighted by Crippen LogP contribution is 2.09. The zero-order valence-corrected chi connectivity index (χ0v) is 12.1. The van der Waals surface area contributed by atoms with E-state index in [-0.39, 0.29) is 12.3 Å². The molecular weight excluding hydrogens is 240 g/mol. The highest BCUT2D eigenvalue weighted by atomic mass is 16.5. The highest BCUT2D eigenvalue weighted by molar-refractivity contribution is 5.90. The van der Waals surface area contributed by atoms with Gasteiger partial charge in [0.25, 0.3) is 5.70 Å². The van der Waals surface area contributed by atoms with Crippen molar-refractivity contribution in [2.75, 3.05) is 20.7 Å². The van der Waals surface area contributed by atoms with Crippen LogP contribution in [-0.4, -0.2) is 31.6 Å². The van der Waals surface area contributed by atoms with Gasteiger partial charge >= 0.3 is 5.97 Å². The number of ether oxygens (including phenoxy) is 1. The molecule has 0 amide bonds. The summed E-state index contributed by atoms with van der Waals surface area (Å²) in [7, 11) is 3.50. The van der Waals surface area contributed by atoms with Gasteiger partial charge in [0.1, 0.15) is 6.61 Å². The van der Waals surface area contributed by atoms with E-state index in [2.05, 4.69) is 18.3 Å². The number of rotatable bonds is 7. The molecule has 0 saturated heterocycles. The van der Waals surface area contributed by atoms with Gasteiger partial charge in [0, 0.05) is 20.3 Å². The SMILES string of the molecule is [C-]#[N+]/C(=C\N(C)C)C(=O)OC/C(C)=C/C(C)CC=C. The molecule has 0 rings (SSSR count). The van der Waals surface area contributed by atoms with Gasteiger partial charge in [0.05, 0.1) is 6.57 Å². The first-order valence-corrected chi connectivity index (χ1v) is 6.11. The fourth-order valence-electron chi connectivity index (χ4n) is 1.49. The van der Waals surface area contributed by atoms with Crippen LogP contribution in [0, 0.1) is 12.5 Å². The molecule has 0 N–H and O–H groups in total. The first kappa shape index (κ1) is 17.0. The summed E-state index contributed by atoms with van der Waals surface area (Å²) in [6, 6.07) is 0. The van der Waals surface area contributed by atoms with Crippen molar-refractivity contribution in [3.05, 3.63) is 47.6 Å². The Bertz CT molecular complexity index is 414. The molecule has 0 aromatic carbocycles. The molecule has 4 nitrogen and oxygen atoms in total. The van der Waals surface area contributed by atoms with Crippen molar-refractivity contribution in [2.45, 2.75) is 20.3 Å². The van der Waals surface area contributed by atoms with Crippen molar-refractivity contribution < 1.29 is 9.53 Å². The first-order chi connectivity index (χ1) is 8.90. The van der Waals surface area contributed by atoms with E-state index in [1.807, 2.05) is 19.1 Å². The van der Waals surface area contributed by atoms with Crippen molar-refractivity contribution in [3.8, 4) is 0 Å². The van der Waals surface area contributed by atoms with Crippen LogP contribution in [0.25, 0.3) is 4.85 Å². The van der Waals surface area contributed by atoms with Crippen LogP contribution < -0.4 is 0 Å². The molecule has 4 heteroatoms. The molecule has 0 bridgehead atoms. The van der Waals surface area contributed by atoms with Crippen molar-refractivity contribution in [2.24, 2.45) is 5.92 Å². The van der Waals surface area contributed by atoms with Crippen LogP contribution in [0.5, 0.6) is 0 Å². The molecule has 104 valence electrons. The van der Waals surface area contributed by atoms with Gasteiger partial charge < -0.3 is 9.64 Å². The molecule has 0 aromatic heterocycles. The molecule has 0 heterocycles. The van der Waals surface area contributed by atoms with Crippen LogP contribution in [0.4, 0.5) is 0 Å². The quantitative estimate of drug-likeness (QED) is 0.306. The Labute approximate surface area is 115 Å². The van der Waals surface area contributed by atoms with Crippen LogP contribution in [0.2, 0.25) is 0 Å². The molecule has 1 atom stereocenters. The first-order valence-electron chi connectivity index (χ1n) is 6.11. The maximum Gasteiger partial charge on any atom is 0.338 e. The van der Waals surface area contributed by atoms with Gasteiger partial charge in [-0.25, -0.2) is 4.85 Å². The molecule has 19 heavy (non-hydrogen) atoms. The summed E-state index contributed by atoms with van der Waals surface area (Å²) < 4.78 is 5.09. The van der Waals surface area contributed by atoms with E-state index < -0.39 is 5.97 Å². The summed E-state index contributed by atoms with van der Waals surface area (Å²) >= 11 is 0. The molecule has 0 fully saturated rings. The Balaban J connectivity index is 4.45. The predicted octanol–water partition coefficient (Wildman–Crippen LogP) is 3.01. The van der Waals surface area contributed by atoms with Crippen LogP contribution in [0.15, 0.2) is 36.2 Å². The lowest BCUT2D eigenvalue weighted by molar-refractivity contribution is -0.137. The van der Waals surface area contributed by atoms with Crippen LogP contribution in [0.3, 0.4) is 0 Å². The van der Waals surface area contributed by atoms with Gasteiger partial charge in [-0.15, -0.1) is 6.58 Å². The number of esters is 1. The fourth-order valence-corrected chi connectivity index (χ4v) is 1.49. The average Bonchev–Trinajstić information content (AvgIpc) is 2.33. The van der Waals surface area contributed by atoms with Crippen molar-refractivity contribution in [1.29, 1.82) is 0 Å². The number of hydrogen-bond donors (Lipinski definition) is 0. The van der Waals surface area contributed by atoms with Gasteiger partial charge in [0.15, 0.2) is 0 Å². The monoisotopic (exact) mass is 262 g/mol. The molecule has 0 spiro atoms. The Morgan fingerprint density at radius 1 is 1.53 bits per heavy atom. The fraction of sp³-hybridized carbons (Fsp3) is 0.467. The number of carbonyl (C=O) groups excluding carboxylic acids is 1. The molecule has 0 aliphatic rings. The van der Waals surface area contributed by atoms with Gasteiger partial charge in [-0.05, 0) is 24.8 Å². The topological polar surface area (TPSA) is 33.9 Å². The maximum absolute atomic E-state index is 11.7. The maximum atomic E-state index is 11.7. The van der Waals surface area contributed by atoms with Crippen LogP contribution >= 0.6 is 0 Å². The zero-order chi connectivity index (χ0) is 14.8. The molecule has 0 aliphatic carbocycles. The zero-order valence-electron chi connectivity index (χ0n) is 12.1. The van der Waals surface area contributed by atoms with Crippen molar-refractivity contribution >= 4 is 5.97 Å². The minimum absolute atomic E-state index is 0.0167. The van der Waals surface area contributed by atoms with E-state index in [0.29, 0.717) is 5.92 Å². The number of nitrogens with zero attached hydrogens (tertiary/aromatic N) is 2. The number of allylic oxidation sites excluding steroid dienone is 2. The Morgan fingerprint density at radius 3 is 2.63 bits per heavy atom. The van der Waals surface area contributed by atoms with E-state index in [1.54, 1.807) is 19.0 Å². The normalized spacial score (nSPS) is 13.4. The third-order valence-corrected chi connectivity index (χ3v) is 2.25. The molecule has 0 radical (unpaired) electrons. The summed E-state index contributed by atoms with van der Waals surface area (Å²) in [4.78, 5) is 16.5. The van der Waals surface area contributed by atoms with Gasteiger partial charge in [-0.2, -0.15) is 0 Å². The van der Waals surface area contributed by atoms with Gasteiger partial charge in [-0.3, -0.25) is 4.79 Å². The second-order valence-corrected chi connectivity index (χ2v) is 4.68. The van der Waals surface area contributed by atoms with E-state index in [4.69, 9.17) is 11.3 Å². The summed E-state index contributed by atoms with van der Waals surface area (Å²) in [5.74, 6) is -0.221. The Hall–Kier alpha value is -2.02. The third-order valence-electron chi connectivity index (χ3n) is 2.25. The summed E-state index contributed by atoms with van der Waals surface area (Å²) in [5.41, 5.74) is 0.953. The molecule has 0 aliphatic heterocycles. The Kier molecular flexibility index (Phi) is 8.03. The summed E-state index contributed by atoms with van der Waals surface area (Å²) in [5, 5.41) is 0. The molecular formula is C15H22N2O2. The largest absolute Gasteiger partial charge is 0.466 e. The molecule has 0 aromatic rings. The van der Waals surface area contributed by atoms with Crippen LogP contribution in [-0.2, 0) is 9.53 Å². The Morgan fingerprint density at radius 2 is 2.16 bits per heavy atom. The standard InChI is InChI=1S/C15H22N2O2/c1-7-8-12(2)9-13(3)11-19-15(18)14(16-4)10-17(5)6/h7,9-10,12H,1,8,11H2,2-3,5-6H3/b13-9+,14-10-. The second-order valence-electron chi connectivity index (χ2n) is 4.68. The van der Waals surface area contributed by atoms with E-state index >= 15 is 0 Å². The van der Waals surface area contributed by atoms with Gasteiger partial charge in [0.2, 0.25) is 0 Å². The summed E-state index contributed by atoms with van der Waals surface area (Å²) in [6.45, 7) is 14.8. The molecule has 0 saturated carbocycles. The highest BCUT2D eigenvalue weighted by Gasteiger charge is 2.11. The smallest absolute Gasteiger partial charge is 0.338 e. The van der Waals surface area contributed by atoms with E-state index in [1.165, 1.54) is 6.20 Å². The molecule has 1 unspecified atom stereocenters. The van der Waals surface area contributed by atoms with Crippen molar-refractivity contribution in [1.82, 2.24) is 4.90 Å². The summed E-state index contributed by atoms with van der Waals surface area (Å²) in [6.07, 6.45) is 6.24. The lowest BCUT2D eigenvalue weighted by atomic mass is 10.1. The van der Waals surface area contributed by atoms with Crippen molar-refractivity contribution in [3.63, 3.8) is 0 Å². The second kappa shape index (κ2) is 8.98. The predicted molar refractivity (Wildman–Crippen MR) is 77.1 cm³/mol. The van der Waals surface area contributed by atoms with E-state index in [9.17, 15) is 4.79 Å². The van der Waals surface area contributed by atoms with Crippen LogP contribution in [0.1, 0.15) is 20.3 Å². The minimum Gasteiger partial charge on any atom is -0.466 e. The lowest BCUT2D eigenvalue weighted by Gasteiger charge is -2.09. The van der Waals surface area contributed by atoms with Gasteiger partial charge in [-0.1, -0.05) is 19.1 Å². The number of carbonyl (C=O) groups is 1. The van der Waals surface area contributed by atoms with E-state index in [0.717, 1.165) is 12.0 Å². The number of hydrogen-bond acceptors (Lipinski definition) is 3.